The van der Waals surface area contributed by atoms with Gasteiger partial charge in [-0.1, -0.05) is 0 Å². The lowest BCUT2D eigenvalue weighted by atomic mass is 9.89. The number of pyridine rings is 1. The van der Waals surface area contributed by atoms with Crippen LogP contribution in [-0.4, -0.2) is 65.6 Å². The lowest BCUT2D eigenvalue weighted by molar-refractivity contribution is -0.118. The first-order valence-electron chi connectivity index (χ1n) is 12.3. The summed E-state index contributed by atoms with van der Waals surface area (Å²) in [7, 11) is 3.31. The molecule has 0 bridgehead atoms. The largest absolute Gasteiger partial charge is 0.391 e. The molecule has 4 atom stereocenters. The van der Waals surface area contributed by atoms with Gasteiger partial charge in [0.15, 0.2) is 5.84 Å². The van der Waals surface area contributed by atoms with Crippen molar-refractivity contribution in [3.8, 4) is 0 Å². The first-order valence-corrected chi connectivity index (χ1v) is 12.3. The van der Waals surface area contributed by atoms with Crippen LogP contribution in [0.3, 0.4) is 0 Å². The molecule has 11 nitrogen and oxygen atoms in total. The Bertz CT molecular complexity index is 1160. The van der Waals surface area contributed by atoms with E-state index in [0.29, 0.717) is 35.2 Å². The van der Waals surface area contributed by atoms with Crippen LogP contribution >= 0.6 is 0 Å². The van der Waals surface area contributed by atoms with E-state index in [1.807, 2.05) is 0 Å². The molecule has 4 N–H and O–H groups in total. The van der Waals surface area contributed by atoms with E-state index in [4.69, 9.17) is 4.74 Å². The first kappa shape index (κ1) is 25.6. The predicted octanol–water partition coefficient (Wildman–Crippen LogP) is 1.65. The highest BCUT2D eigenvalue weighted by Gasteiger charge is 2.32. The second-order valence-corrected chi connectivity index (χ2v) is 9.36. The third-order valence-electron chi connectivity index (χ3n) is 7.12. The molecule has 1 unspecified atom stereocenters. The van der Waals surface area contributed by atoms with Crippen molar-refractivity contribution in [1.29, 1.82) is 0 Å². The third-order valence-corrected chi connectivity index (χ3v) is 7.12. The van der Waals surface area contributed by atoms with Crippen LogP contribution in [0.4, 0.5) is 5.69 Å². The molecule has 1 aromatic heterocycles. The molecule has 0 aromatic carbocycles. The van der Waals surface area contributed by atoms with Gasteiger partial charge in [0, 0.05) is 39.2 Å². The molecule has 1 amide bonds. The molecule has 194 valence electrons. The van der Waals surface area contributed by atoms with Gasteiger partial charge in [0.1, 0.15) is 17.3 Å². The van der Waals surface area contributed by atoms with Gasteiger partial charge in [-0.15, -0.1) is 0 Å². The SMILES string of the molecule is C=NN1C(=NC)C=C(Nc2cccn([C@H]3CC[C@H]3O)c2=O)N/C1=C(/C)C(=O)NC1CCC[C@@H](OC)C1. The Kier molecular flexibility index (Phi) is 7.90. The molecule has 2 saturated carbocycles. The number of amidine groups is 1. The Hall–Kier alpha value is -3.44. The fraction of sp³-hybridized carbons (Fsp3) is 0.520. The van der Waals surface area contributed by atoms with Gasteiger partial charge in [0.2, 0.25) is 0 Å². The summed E-state index contributed by atoms with van der Waals surface area (Å²) in [4.78, 5) is 30.5. The highest BCUT2D eigenvalue weighted by atomic mass is 16.5. The van der Waals surface area contributed by atoms with Crippen molar-refractivity contribution in [3.63, 3.8) is 0 Å². The Morgan fingerprint density at radius 2 is 2.11 bits per heavy atom. The number of carbonyl (C=O) groups excluding carboxylic acids is 1. The van der Waals surface area contributed by atoms with E-state index in [0.717, 1.165) is 32.1 Å². The van der Waals surface area contributed by atoms with Crippen LogP contribution in [0.25, 0.3) is 0 Å². The molecule has 0 saturated heterocycles. The fourth-order valence-corrected chi connectivity index (χ4v) is 4.84. The van der Waals surface area contributed by atoms with Crippen LogP contribution in [0.15, 0.2) is 56.5 Å². The van der Waals surface area contributed by atoms with E-state index < -0.39 is 6.10 Å². The summed E-state index contributed by atoms with van der Waals surface area (Å²) < 4.78 is 7.04. The minimum atomic E-state index is -0.518. The number of ether oxygens (including phenoxy) is 1. The maximum atomic E-state index is 13.2. The maximum Gasteiger partial charge on any atom is 0.274 e. The van der Waals surface area contributed by atoms with Crippen molar-refractivity contribution in [2.45, 2.75) is 69.7 Å². The van der Waals surface area contributed by atoms with Crippen LogP contribution in [0, 0.1) is 0 Å². The van der Waals surface area contributed by atoms with Gasteiger partial charge in [-0.05, 0) is 57.6 Å². The number of hydrogen-bond acceptors (Lipinski definition) is 8. The number of carbonyl (C=O) groups is 1. The van der Waals surface area contributed by atoms with E-state index in [2.05, 4.69) is 32.8 Å². The molecule has 0 spiro atoms. The number of methoxy groups -OCH3 is 1. The summed E-state index contributed by atoms with van der Waals surface area (Å²) in [6.45, 7) is 5.34. The monoisotopic (exact) mass is 497 g/mol. The Labute approximate surface area is 210 Å². The molecular weight excluding hydrogens is 462 g/mol. The van der Waals surface area contributed by atoms with E-state index in [9.17, 15) is 14.7 Å². The standard InChI is InChI=1S/C25H35N7O4/c1-15(24(34)28-16-7-5-8-17(13-16)36-4)23-30-21(14-22(26-2)32(23)27-3)29-18-9-6-12-31(25(18)35)19-10-11-20(19)33/h6,9,12,14,16-17,19-20,29-30,33H,3,5,7-8,10-11,13H2,1-2,4H3,(H,28,34)/b23-15+,26-22?/t16?,17-,19+,20-/m1/s1. The van der Waals surface area contributed by atoms with Gasteiger partial charge in [0.25, 0.3) is 11.5 Å². The smallest absolute Gasteiger partial charge is 0.274 e. The average molecular weight is 498 g/mol. The molecule has 2 heterocycles. The molecule has 3 aliphatic rings. The highest BCUT2D eigenvalue weighted by molar-refractivity contribution is 5.99. The second-order valence-electron chi connectivity index (χ2n) is 9.36. The first-order chi connectivity index (χ1) is 17.4. The zero-order chi connectivity index (χ0) is 25.8. The Balaban J connectivity index is 1.57. The topological polar surface area (TPSA) is 133 Å². The van der Waals surface area contributed by atoms with Crippen molar-refractivity contribution in [3.05, 3.63) is 52.0 Å². The number of nitrogens with zero attached hydrogens (tertiary/aromatic N) is 4. The summed E-state index contributed by atoms with van der Waals surface area (Å²) in [5, 5.41) is 24.9. The molecule has 1 aromatic rings. The lowest BCUT2D eigenvalue weighted by Gasteiger charge is -2.34. The number of aliphatic hydroxyl groups is 1. The van der Waals surface area contributed by atoms with E-state index in [1.54, 1.807) is 50.1 Å². The number of hydrazone groups is 1. The van der Waals surface area contributed by atoms with Crippen LogP contribution in [0.2, 0.25) is 0 Å². The number of aromatic nitrogens is 1. The van der Waals surface area contributed by atoms with Crippen LogP contribution in [0.1, 0.15) is 51.5 Å². The minimum Gasteiger partial charge on any atom is -0.391 e. The Morgan fingerprint density at radius 1 is 1.31 bits per heavy atom. The molecule has 36 heavy (non-hydrogen) atoms. The molecule has 4 rings (SSSR count). The van der Waals surface area contributed by atoms with Crippen molar-refractivity contribution in [2.24, 2.45) is 10.1 Å². The number of amides is 1. The zero-order valence-corrected chi connectivity index (χ0v) is 21.0. The third kappa shape index (κ3) is 5.21. The number of aliphatic hydroxyl groups excluding tert-OH is 1. The zero-order valence-electron chi connectivity index (χ0n) is 21.0. The molecule has 0 radical (unpaired) electrons. The molecule has 2 fully saturated rings. The summed E-state index contributed by atoms with van der Waals surface area (Å²) in [5.41, 5.74) is 0.492. The summed E-state index contributed by atoms with van der Waals surface area (Å²) in [6, 6.07) is 3.24. The van der Waals surface area contributed by atoms with Gasteiger partial charge in [-0.25, -0.2) is 0 Å². The minimum absolute atomic E-state index is 0.0255. The van der Waals surface area contributed by atoms with Gasteiger partial charge in [-0.2, -0.15) is 10.1 Å². The van der Waals surface area contributed by atoms with Crippen molar-refractivity contribution in [1.82, 2.24) is 20.2 Å². The van der Waals surface area contributed by atoms with Gasteiger partial charge in [-0.3, -0.25) is 14.6 Å². The van der Waals surface area contributed by atoms with Gasteiger partial charge in [0.05, 0.1) is 23.8 Å². The number of hydrogen-bond donors (Lipinski definition) is 4. The van der Waals surface area contributed by atoms with Crippen LogP contribution in [-0.2, 0) is 9.53 Å². The molecular formula is C25H35N7O4. The molecule has 1 aliphatic heterocycles. The Morgan fingerprint density at radius 3 is 2.75 bits per heavy atom. The van der Waals surface area contributed by atoms with Crippen molar-refractivity contribution >= 4 is 24.1 Å². The maximum absolute atomic E-state index is 13.2. The molecule has 11 heteroatoms. The summed E-state index contributed by atoms with van der Waals surface area (Å²) in [5.74, 6) is 1.05. The highest BCUT2D eigenvalue weighted by Crippen LogP contribution is 2.31. The van der Waals surface area contributed by atoms with E-state index in [-0.39, 0.29) is 29.7 Å². The van der Waals surface area contributed by atoms with Gasteiger partial charge >= 0.3 is 0 Å². The quantitative estimate of drug-likeness (QED) is 0.333. The molecule has 2 aliphatic carbocycles. The normalized spacial score (nSPS) is 28.5. The summed E-state index contributed by atoms with van der Waals surface area (Å²) in [6.07, 6.45) is 8.09. The number of nitrogens with one attached hydrogen (secondary N) is 3. The van der Waals surface area contributed by atoms with E-state index in [1.165, 1.54) is 5.01 Å². The van der Waals surface area contributed by atoms with Crippen LogP contribution in [0.5, 0.6) is 0 Å². The van der Waals surface area contributed by atoms with Crippen molar-refractivity contribution in [2.75, 3.05) is 19.5 Å². The summed E-state index contributed by atoms with van der Waals surface area (Å²) >= 11 is 0. The number of anilines is 1. The number of rotatable bonds is 7. The lowest BCUT2D eigenvalue weighted by Crippen LogP contribution is -2.44. The average Bonchev–Trinajstić information content (AvgIpc) is 2.89. The van der Waals surface area contributed by atoms with E-state index >= 15 is 0 Å². The number of aliphatic imine (C=N–C) groups is 1. The van der Waals surface area contributed by atoms with Gasteiger partial charge < -0.3 is 30.4 Å². The fourth-order valence-electron chi connectivity index (χ4n) is 4.84. The van der Waals surface area contributed by atoms with Crippen molar-refractivity contribution < 1.29 is 14.6 Å². The second kappa shape index (κ2) is 11.1. The van der Waals surface area contributed by atoms with Crippen LogP contribution < -0.4 is 21.5 Å². The predicted molar refractivity (Wildman–Crippen MR) is 138 cm³/mol.